The van der Waals surface area contributed by atoms with Crippen molar-refractivity contribution in [3.8, 4) is 0 Å². The Bertz CT molecular complexity index is 565. The fraction of sp³-hybridized carbons (Fsp3) is 0.250. The molecule has 0 spiro atoms. The summed E-state index contributed by atoms with van der Waals surface area (Å²) in [5, 5.41) is 3.79. The minimum absolute atomic E-state index is 0.0637. The average molecular weight is 250 g/mol. The van der Waals surface area contributed by atoms with E-state index in [0.29, 0.717) is 16.1 Å². The van der Waals surface area contributed by atoms with Crippen LogP contribution in [-0.2, 0) is 6.42 Å². The van der Waals surface area contributed by atoms with E-state index in [1.807, 2.05) is 6.92 Å². The summed E-state index contributed by atoms with van der Waals surface area (Å²) in [4.78, 5) is 12.5. The summed E-state index contributed by atoms with van der Waals surface area (Å²) in [7, 11) is 0. The van der Waals surface area contributed by atoms with Crippen LogP contribution in [0.15, 0.2) is 18.2 Å². The molecule has 0 aliphatic heterocycles. The van der Waals surface area contributed by atoms with Crippen molar-refractivity contribution in [1.29, 1.82) is 0 Å². The average Bonchev–Trinajstić information content (AvgIpc) is 2.70. The number of ketones is 1. The zero-order valence-corrected chi connectivity index (χ0v) is 10.3. The van der Waals surface area contributed by atoms with Gasteiger partial charge >= 0.3 is 0 Å². The summed E-state index contributed by atoms with van der Waals surface area (Å²) in [5.41, 5.74) is 2.26. The van der Waals surface area contributed by atoms with E-state index in [1.54, 1.807) is 13.0 Å². The number of aromatic nitrogens is 2. The van der Waals surface area contributed by atoms with Crippen LogP contribution < -0.4 is 0 Å². The molecule has 0 aliphatic carbocycles. The molecule has 2 aromatic rings. The zero-order valence-electron chi connectivity index (χ0n) is 9.53. The van der Waals surface area contributed by atoms with Gasteiger partial charge in [-0.15, -0.1) is 5.10 Å². The number of aryl methyl sites for hydroxylation is 2. The Morgan fingerprint density at radius 2 is 2.18 bits per heavy atom. The van der Waals surface area contributed by atoms with Gasteiger partial charge in [-0.3, -0.25) is 4.79 Å². The van der Waals surface area contributed by atoms with Gasteiger partial charge in [-0.25, -0.2) is 4.39 Å². The van der Waals surface area contributed by atoms with Crippen LogP contribution in [0.1, 0.15) is 26.5 Å². The predicted molar refractivity (Wildman–Crippen MR) is 63.8 cm³/mol. The zero-order chi connectivity index (χ0) is 12.4. The van der Waals surface area contributed by atoms with Gasteiger partial charge in [0.2, 0.25) is 0 Å². The topological polar surface area (TPSA) is 42.9 Å². The maximum atomic E-state index is 13.1. The van der Waals surface area contributed by atoms with E-state index >= 15 is 0 Å². The van der Waals surface area contributed by atoms with Crippen LogP contribution in [0.25, 0.3) is 0 Å². The SMILES string of the molecule is Cc1ccc(F)cc1CC(=O)c1snnc1C. The van der Waals surface area contributed by atoms with Crippen LogP contribution in [0.5, 0.6) is 0 Å². The highest BCUT2D eigenvalue weighted by atomic mass is 32.1. The standard InChI is InChI=1S/C12H11FN2OS/c1-7-3-4-10(13)5-9(7)6-11(16)12-8(2)14-15-17-12/h3-5H,6H2,1-2H3. The van der Waals surface area contributed by atoms with Gasteiger partial charge in [0.15, 0.2) is 5.78 Å². The Balaban J connectivity index is 2.24. The van der Waals surface area contributed by atoms with Crippen molar-refractivity contribution in [2.45, 2.75) is 20.3 Å². The second-order valence-electron chi connectivity index (χ2n) is 3.86. The third kappa shape index (κ3) is 2.55. The maximum absolute atomic E-state index is 13.1. The van der Waals surface area contributed by atoms with Crippen LogP contribution >= 0.6 is 11.5 Å². The van der Waals surface area contributed by atoms with Gasteiger partial charge in [0.25, 0.3) is 0 Å². The number of hydrogen-bond donors (Lipinski definition) is 0. The summed E-state index contributed by atoms with van der Waals surface area (Å²) < 4.78 is 16.8. The number of hydrogen-bond acceptors (Lipinski definition) is 4. The van der Waals surface area contributed by atoms with Crippen molar-refractivity contribution in [1.82, 2.24) is 9.59 Å². The molecule has 2 rings (SSSR count). The molecule has 0 saturated heterocycles. The number of carbonyl (C=O) groups is 1. The summed E-state index contributed by atoms with van der Waals surface area (Å²) in [5.74, 6) is -0.385. The van der Waals surface area contributed by atoms with Crippen molar-refractivity contribution < 1.29 is 9.18 Å². The lowest BCUT2D eigenvalue weighted by molar-refractivity contribution is 0.0996. The van der Waals surface area contributed by atoms with Crippen LogP contribution in [-0.4, -0.2) is 15.4 Å². The molecule has 0 unspecified atom stereocenters. The molecule has 0 N–H and O–H groups in total. The monoisotopic (exact) mass is 250 g/mol. The molecule has 1 aromatic heterocycles. The van der Waals surface area contributed by atoms with E-state index in [1.165, 1.54) is 12.1 Å². The largest absolute Gasteiger partial charge is 0.293 e. The lowest BCUT2D eigenvalue weighted by atomic mass is 10.0. The van der Waals surface area contributed by atoms with E-state index < -0.39 is 0 Å². The summed E-state index contributed by atoms with van der Waals surface area (Å²) in [6.45, 7) is 3.61. The van der Waals surface area contributed by atoms with E-state index in [2.05, 4.69) is 9.59 Å². The smallest absolute Gasteiger partial charge is 0.180 e. The molecule has 5 heteroatoms. The lowest BCUT2D eigenvalue weighted by Crippen LogP contribution is -2.05. The summed E-state index contributed by atoms with van der Waals surface area (Å²) in [6.07, 6.45) is 0.189. The highest BCUT2D eigenvalue weighted by Gasteiger charge is 2.15. The predicted octanol–water partition coefficient (Wildman–Crippen LogP) is 2.72. The van der Waals surface area contributed by atoms with Crippen LogP contribution in [0.4, 0.5) is 4.39 Å². The molecule has 3 nitrogen and oxygen atoms in total. The molecule has 0 fully saturated rings. The van der Waals surface area contributed by atoms with E-state index in [-0.39, 0.29) is 18.0 Å². The second-order valence-corrected chi connectivity index (χ2v) is 4.61. The van der Waals surface area contributed by atoms with Gasteiger partial charge < -0.3 is 0 Å². The molecule has 1 aromatic carbocycles. The Labute approximate surface area is 102 Å². The molecule has 17 heavy (non-hydrogen) atoms. The molecule has 0 bridgehead atoms. The number of halogens is 1. The fourth-order valence-corrected chi connectivity index (χ4v) is 2.16. The Morgan fingerprint density at radius 3 is 2.82 bits per heavy atom. The first-order chi connectivity index (χ1) is 8.08. The Kier molecular flexibility index (Phi) is 3.28. The molecule has 88 valence electrons. The van der Waals surface area contributed by atoms with Gasteiger partial charge in [-0.05, 0) is 48.6 Å². The highest BCUT2D eigenvalue weighted by Crippen LogP contribution is 2.16. The van der Waals surface area contributed by atoms with E-state index in [0.717, 1.165) is 17.1 Å². The first-order valence-corrected chi connectivity index (χ1v) is 5.92. The molecule has 0 aliphatic rings. The van der Waals surface area contributed by atoms with Crippen molar-refractivity contribution in [3.05, 3.63) is 45.7 Å². The second kappa shape index (κ2) is 4.71. The maximum Gasteiger partial charge on any atom is 0.180 e. The van der Waals surface area contributed by atoms with Gasteiger partial charge in [0, 0.05) is 6.42 Å². The molecular weight excluding hydrogens is 239 g/mol. The van der Waals surface area contributed by atoms with Gasteiger partial charge in [-0.2, -0.15) is 0 Å². The van der Waals surface area contributed by atoms with Crippen molar-refractivity contribution >= 4 is 17.3 Å². The minimum Gasteiger partial charge on any atom is -0.293 e. The molecule has 0 atom stereocenters. The first-order valence-electron chi connectivity index (χ1n) is 5.15. The normalized spacial score (nSPS) is 10.5. The number of nitrogens with zero attached hydrogens (tertiary/aromatic N) is 2. The van der Waals surface area contributed by atoms with Crippen LogP contribution in [0, 0.1) is 19.7 Å². The van der Waals surface area contributed by atoms with Gasteiger partial charge in [0.05, 0.1) is 5.69 Å². The van der Waals surface area contributed by atoms with Crippen molar-refractivity contribution in [2.24, 2.45) is 0 Å². The van der Waals surface area contributed by atoms with Crippen molar-refractivity contribution in [3.63, 3.8) is 0 Å². The Morgan fingerprint density at radius 1 is 1.41 bits per heavy atom. The summed E-state index contributed by atoms with van der Waals surface area (Å²) >= 11 is 1.08. The number of carbonyl (C=O) groups excluding carboxylic acids is 1. The van der Waals surface area contributed by atoms with E-state index in [4.69, 9.17) is 0 Å². The van der Waals surface area contributed by atoms with Crippen LogP contribution in [0.3, 0.4) is 0 Å². The summed E-state index contributed by atoms with van der Waals surface area (Å²) in [6, 6.07) is 4.47. The van der Waals surface area contributed by atoms with Crippen molar-refractivity contribution in [2.75, 3.05) is 0 Å². The number of rotatable bonds is 3. The van der Waals surface area contributed by atoms with E-state index in [9.17, 15) is 9.18 Å². The number of Topliss-reactive ketones (excluding diaryl/α,β-unsaturated/α-hetero) is 1. The lowest BCUT2D eigenvalue weighted by Gasteiger charge is -2.04. The third-order valence-corrected chi connectivity index (χ3v) is 3.44. The molecule has 0 radical (unpaired) electrons. The third-order valence-electron chi connectivity index (χ3n) is 2.57. The molecule has 0 amide bonds. The first kappa shape index (κ1) is 11.9. The Hall–Kier alpha value is -1.62. The molecule has 1 heterocycles. The van der Waals surface area contributed by atoms with Crippen LogP contribution in [0.2, 0.25) is 0 Å². The molecular formula is C12H11FN2OS. The minimum atomic E-state index is -0.322. The van der Waals surface area contributed by atoms with Gasteiger partial charge in [0.1, 0.15) is 10.7 Å². The quantitative estimate of drug-likeness (QED) is 0.787. The number of benzene rings is 1. The van der Waals surface area contributed by atoms with Gasteiger partial charge in [-0.1, -0.05) is 10.6 Å². The molecule has 0 saturated carbocycles. The fourth-order valence-electron chi connectivity index (χ4n) is 1.57. The highest BCUT2D eigenvalue weighted by molar-refractivity contribution is 7.08.